The Morgan fingerprint density at radius 1 is 1.24 bits per heavy atom. The van der Waals surface area contributed by atoms with E-state index in [1.54, 1.807) is 24.3 Å². The lowest BCUT2D eigenvalue weighted by atomic mass is 10.1. The third-order valence-electron chi connectivity index (χ3n) is 3.76. The van der Waals surface area contributed by atoms with E-state index < -0.39 is 5.82 Å². The predicted molar refractivity (Wildman–Crippen MR) is 92.3 cm³/mol. The number of hydrogen-bond acceptors (Lipinski definition) is 4. The van der Waals surface area contributed by atoms with Crippen LogP contribution in [0.1, 0.15) is 12.0 Å². The Kier molecular flexibility index (Phi) is 5.28. The summed E-state index contributed by atoms with van der Waals surface area (Å²) in [7, 11) is 1.41. The molecule has 1 amide bonds. The predicted octanol–water partition coefficient (Wildman–Crippen LogP) is 3.83. The molecule has 1 aliphatic heterocycles. The van der Waals surface area contributed by atoms with Crippen molar-refractivity contribution in [1.82, 2.24) is 0 Å². The molecule has 0 radical (unpaired) electrons. The summed E-state index contributed by atoms with van der Waals surface area (Å²) in [6, 6.07) is 7.89. The van der Waals surface area contributed by atoms with Crippen LogP contribution in [0.4, 0.5) is 10.1 Å². The lowest BCUT2D eigenvalue weighted by Gasteiger charge is -2.20. The van der Waals surface area contributed by atoms with Crippen LogP contribution < -0.4 is 19.5 Å². The summed E-state index contributed by atoms with van der Waals surface area (Å²) in [4.78, 5) is 12.2. The van der Waals surface area contributed by atoms with Crippen molar-refractivity contribution in [2.45, 2.75) is 12.8 Å². The largest absolute Gasteiger partial charge is 0.494 e. The molecule has 2 aromatic carbocycles. The van der Waals surface area contributed by atoms with Crippen molar-refractivity contribution < 1.29 is 23.4 Å². The molecule has 5 nitrogen and oxygen atoms in total. The lowest BCUT2D eigenvalue weighted by Crippen LogP contribution is -2.17. The lowest BCUT2D eigenvalue weighted by molar-refractivity contribution is -0.116. The molecule has 0 atom stereocenters. The minimum atomic E-state index is -0.449. The fourth-order valence-electron chi connectivity index (χ4n) is 2.50. The number of aryl methyl sites for hydroxylation is 1. The van der Waals surface area contributed by atoms with Gasteiger partial charge >= 0.3 is 0 Å². The van der Waals surface area contributed by atoms with E-state index in [1.807, 2.05) is 0 Å². The van der Waals surface area contributed by atoms with E-state index in [0.29, 0.717) is 47.4 Å². The first-order chi connectivity index (χ1) is 12.1. The van der Waals surface area contributed by atoms with E-state index in [0.717, 1.165) is 0 Å². The van der Waals surface area contributed by atoms with Crippen molar-refractivity contribution in [3.63, 3.8) is 0 Å². The van der Waals surface area contributed by atoms with Gasteiger partial charge in [-0.05, 0) is 24.1 Å². The zero-order chi connectivity index (χ0) is 17.8. The summed E-state index contributed by atoms with van der Waals surface area (Å²) in [6.45, 7) is 0.915. The standard InChI is InChI=1S/C18H17ClFNO4/c1-23-15-4-2-11(8-13(15)20)3-5-18(22)21-14-10-17-16(9-12(14)19)24-6-7-25-17/h2,4,8-10H,3,5-7H2,1H3,(H,21,22). The van der Waals surface area contributed by atoms with Crippen LogP contribution in [0.2, 0.25) is 5.02 Å². The number of anilines is 1. The number of halogens is 2. The Hall–Kier alpha value is -2.47. The van der Waals surface area contributed by atoms with Crippen LogP contribution in [0.15, 0.2) is 30.3 Å². The molecule has 3 rings (SSSR count). The Bertz CT molecular complexity index is 797. The molecule has 0 spiro atoms. The first-order valence-electron chi connectivity index (χ1n) is 7.78. The zero-order valence-electron chi connectivity index (χ0n) is 13.6. The van der Waals surface area contributed by atoms with Crippen molar-refractivity contribution >= 4 is 23.2 Å². The van der Waals surface area contributed by atoms with Gasteiger partial charge in [0.15, 0.2) is 23.1 Å². The van der Waals surface area contributed by atoms with Gasteiger partial charge in [0.25, 0.3) is 0 Å². The molecule has 1 heterocycles. The third-order valence-corrected chi connectivity index (χ3v) is 4.08. The SMILES string of the molecule is COc1ccc(CCC(=O)Nc2cc3c(cc2Cl)OCCO3)cc1F. The summed E-state index contributed by atoms with van der Waals surface area (Å²) in [5, 5.41) is 3.11. The fourth-order valence-corrected chi connectivity index (χ4v) is 2.70. The Morgan fingerprint density at radius 3 is 2.64 bits per heavy atom. The monoisotopic (exact) mass is 365 g/mol. The van der Waals surface area contributed by atoms with Gasteiger partial charge in [0, 0.05) is 18.6 Å². The van der Waals surface area contributed by atoms with Gasteiger partial charge in [-0.15, -0.1) is 0 Å². The molecule has 0 saturated heterocycles. The highest BCUT2D eigenvalue weighted by Crippen LogP contribution is 2.38. The second-order valence-electron chi connectivity index (χ2n) is 5.49. The number of ether oxygens (including phenoxy) is 3. The molecule has 0 aromatic heterocycles. The number of fused-ring (bicyclic) bond motifs is 1. The maximum Gasteiger partial charge on any atom is 0.224 e. The van der Waals surface area contributed by atoms with Crippen molar-refractivity contribution in [2.24, 2.45) is 0 Å². The summed E-state index contributed by atoms with van der Waals surface area (Å²) >= 11 is 6.16. The van der Waals surface area contributed by atoms with E-state index in [2.05, 4.69) is 5.32 Å². The molecule has 0 saturated carbocycles. The average Bonchev–Trinajstić information content (AvgIpc) is 2.61. The van der Waals surface area contributed by atoms with Crippen LogP contribution in [-0.2, 0) is 11.2 Å². The van der Waals surface area contributed by atoms with Crippen LogP contribution in [0.5, 0.6) is 17.2 Å². The molecule has 2 aromatic rings. The number of rotatable bonds is 5. The van der Waals surface area contributed by atoms with Gasteiger partial charge in [0.05, 0.1) is 17.8 Å². The van der Waals surface area contributed by atoms with E-state index in [1.165, 1.54) is 13.2 Å². The molecule has 25 heavy (non-hydrogen) atoms. The van der Waals surface area contributed by atoms with Gasteiger partial charge < -0.3 is 19.5 Å². The second-order valence-corrected chi connectivity index (χ2v) is 5.90. The van der Waals surface area contributed by atoms with Crippen molar-refractivity contribution in [1.29, 1.82) is 0 Å². The molecule has 0 unspecified atom stereocenters. The van der Waals surface area contributed by atoms with E-state index in [4.69, 9.17) is 25.8 Å². The maximum absolute atomic E-state index is 13.7. The number of benzene rings is 2. The highest BCUT2D eigenvalue weighted by molar-refractivity contribution is 6.34. The van der Waals surface area contributed by atoms with Crippen LogP contribution in [-0.4, -0.2) is 26.2 Å². The summed E-state index contributed by atoms with van der Waals surface area (Å²) in [5.74, 6) is 0.604. The van der Waals surface area contributed by atoms with Gasteiger partial charge in [-0.3, -0.25) is 4.79 Å². The van der Waals surface area contributed by atoms with E-state index in [-0.39, 0.29) is 18.1 Å². The number of nitrogens with one attached hydrogen (secondary N) is 1. The second kappa shape index (κ2) is 7.61. The molecule has 1 N–H and O–H groups in total. The van der Waals surface area contributed by atoms with Gasteiger partial charge in [-0.25, -0.2) is 4.39 Å². The highest BCUT2D eigenvalue weighted by atomic mass is 35.5. The number of carbonyl (C=O) groups is 1. The Balaban J connectivity index is 1.62. The van der Waals surface area contributed by atoms with E-state index >= 15 is 0 Å². The topological polar surface area (TPSA) is 56.8 Å². The zero-order valence-corrected chi connectivity index (χ0v) is 14.4. The van der Waals surface area contributed by atoms with E-state index in [9.17, 15) is 9.18 Å². The molecular formula is C18H17ClFNO4. The van der Waals surface area contributed by atoms with Crippen LogP contribution in [0.3, 0.4) is 0 Å². The highest BCUT2D eigenvalue weighted by Gasteiger charge is 2.16. The first kappa shape index (κ1) is 17.4. The van der Waals surface area contributed by atoms with Crippen molar-refractivity contribution in [3.8, 4) is 17.2 Å². The third kappa shape index (κ3) is 4.14. The van der Waals surface area contributed by atoms with Crippen molar-refractivity contribution in [3.05, 3.63) is 46.7 Å². The summed E-state index contributed by atoms with van der Waals surface area (Å²) in [5.41, 5.74) is 1.17. The minimum Gasteiger partial charge on any atom is -0.494 e. The van der Waals surface area contributed by atoms with Gasteiger partial charge in [0.1, 0.15) is 13.2 Å². The number of hydrogen-bond donors (Lipinski definition) is 1. The van der Waals surface area contributed by atoms with Crippen LogP contribution in [0, 0.1) is 5.82 Å². The van der Waals surface area contributed by atoms with Gasteiger partial charge in [0.2, 0.25) is 5.91 Å². The molecule has 132 valence electrons. The number of amides is 1. The van der Waals surface area contributed by atoms with Crippen molar-refractivity contribution in [2.75, 3.05) is 25.6 Å². The van der Waals surface area contributed by atoms with Gasteiger partial charge in [-0.1, -0.05) is 17.7 Å². The molecule has 7 heteroatoms. The quantitative estimate of drug-likeness (QED) is 0.874. The smallest absolute Gasteiger partial charge is 0.224 e. The minimum absolute atomic E-state index is 0.177. The number of methoxy groups -OCH3 is 1. The molecule has 0 bridgehead atoms. The molecule has 1 aliphatic rings. The molecule has 0 fully saturated rings. The van der Waals surface area contributed by atoms with Crippen LogP contribution >= 0.6 is 11.6 Å². The Labute approximate surface area is 149 Å². The van der Waals surface area contributed by atoms with Gasteiger partial charge in [-0.2, -0.15) is 0 Å². The maximum atomic E-state index is 13.7. The average molecular weight is 366 g/mol. The Morgan fingerprint density at radius 2 is 1.96 bits per heavy atom. The molecular weight excluding hydrogens is 349 g/mol. The normalized spacial score (nSPS) is 12.6. The molecule has 0 aliphatic carbocycles. The summed E-state index contributed by atoms with van der Waals surface area (Å²) < 4.78 is 29.4. The summed E-state index contributed by atoms with van der Waals surface area (Å²) in [6.07, 6.45) is 0.589. The number of carbonyl (C=O) groups excluding carboxylic acids is 1. The van der Waals surface area contributed by atoms with Crippen LogP contribution in [0.25, 0.3) is 0 Å². The first-order valence-corrected chi connectivity index (χ1v) is 8.16. The fraction of sp³-hybridized carbons (Fsp3) is 0.278.